The van der Waals surface area contributed by atoms with Gasteiger partial charge in [-0.25, -0.2) is 13.2 Å². The maximum atomic E-state index is 13.7. The maximum Gasteiger partial charge on any atom is 0.161 e. The Morgan fingerprint density at radius 3 is 2.47 bits per heavy atom. The molecule has 0 nitrogen and oxygen atoms in total. The van der Waals surface area contributed by atoms with Crippen molar-refractivity contribution in [2.75, 3.05) is 5.33 Å². The van der Waals surface area contributed by atoms with Gasteiger partial charge in [0.25, 0.3) is 0 Å². The molecule has 104 valence electrons. The fourth-order valence-electron chi connectivity index (χ4n) is 2.69. The molecule has 2 rings (SSSR count). The summed E-state index contributed by atoms with van der Waals surface area (Å²) in [7, 11) is 0. The Labute approximate surface area is 119 Å². The molecule has 0 aromatic heterocycles. The van der Waals surface area contributed by atoms with Crippen LogP contribution in [-0.4, -0.2) is 5.33 Å². The van der Waals surface area contributed by atoms with Crippen molar-refractivity contribution in [3.8, 4) is 0 Å². The van der Waals surface area contributed by atoms with Gasteiger partial charge in [0.05, 0.1) is 0 Å². The SMILES string of the molecule is FC=C(F)c1ccc(C2CCC(CBr)CC2)cc1F. The summed E-state index contributed by atoms with van der Waals surface area (Å²) >= 11 is 3.49. The molecule has 0 atom stereocenters. The number of halogens is 4. The number of benzene rings is 1. The molecule has 0 saturated heterocycles. The van der Waals surface area contributed by atoms with Gasteiger partial charge in [-0.05, 0) is 55.2 Å². The number of hydrogen-bond donors (Lipinski definition) is 0. The van der Waals surface area contributed by atoms with Crippen LogP contribution in [0.1, 0.15) is 42.7 Å². The first-order valence-electron chi connectivity index (χ1n) is 6.47. The van der Waals surface area contributed by atoms with Gasteiger partial charge in [-0.2, -0.15) is 0 Å². The average Bonchev–Trinajstić information content (AvgIpc) is 2.46. The first kappa shape index (κ1) is 14.6. The molecule has 0 amide bonds. The normalized spacial score (nSPS) is 24.5. The van der Waals surface area contributed by atoms with Crippen LogP contribution in [0.4, 0.5) is 13.2 Å². The Hall–Kier alpha value is -0.770. The average molecular weight is 333 g/mol. The van der Waals surface area contributed by atoms with Gasteiger partial charge in [-0.1, -0.05) is 22.0 Å². The highest BCUT2D eigenvalue weighted by molar-refractivity contribution is 9.09. The molecule has 0 bridgehead atoms. The fraction of sp³-hybridized carbons (Fsp3) is 0.467. The van der Waals surface area contributed by atoms with Gasteiger partial charge >= 0.3 is 0 Å². The minimum absolute atomic E-state index is 0.209. The Morgan fingerprint density at radius 2 is 1.95 bits per heavy atom. The van der Waals surface area contributed by atoms with Gasteiger partial charge in [0.15, 0.2) is 5.83 Å². The zero-order valence-corrected chi connectivity index (χ0v) is 12.1. The summed E-state index contributed by atoms with van der Waals surface area (Å²) in [4.78, 5) is 0. The predicted octanol–water partition coefficient (Wildman–Crippen LogP) is 5.73. The second-order valence-corrected chi connectivity index (χ2v) is 5.72. The van der Waals surface area contributed by atoms with Crippen LogP contribution in [0.2, 0.25) is 0 Å². The van der Waals surface area contributed by atoms with Crippen LogP contribution < -0.4 is 0 Å². The van der Waals surface area contributed by atoms with E-state index >= 15 is 0 Å². The van der Waals surface area contributed by atoms with Crippen LogP contribution in [0.5, 0.6) is 0 Å². The molecule has 1 aromatic carbocycles. The molecule has 1 aromatic rings. The number of alkyl halides is 1. The van der Waals surface area contributed by atoms with Crippen LogP contribution in [0.25, 0.3) is 5.83 Å². The summed E-state index contributed by atoms with van der Waals surface area (Å²) in [6.45, 7) is 0. The van der Waals surface area contributed by atoms with Crippen molar-refractivity contribution < 1.29 is 13.2 Å². The van der Waals surface area contributed by atoms with Crippen molar-refractivity contribution in [3.63, 3.8) is 0 Å². The maximum absolute atomic E-state index is 13.7. The molecule has 1 saturated carbocycles. The summed E-state index contributed by atoms with van der Waals surface area (Å²) in [5.74, 6) is -0.817. The first-order chi connectivity index (χ1) is 9.15. The molecule has 1 aliphatic rings. The quantitative estimate of drug-likeness (QED) is 0.620. The lowest BCUT2D eigenvalue weighted by atomic mass is 9.79. The van der Waals surface area contributed by atoms with E-state index in [9.17, 15) is 13.2 Å². The van der Waals surface area contributed by atoms with E-state index in [4.69, 9.17) is 0 Å². The van der Waals surface area contributed by atoms with E-state index < -0.39 is 11.6 Å². The predicted molar refractivity (Wildman–Crippen MR) is 75.1 cm³/mol. The molecule has 0 radical (unpaired) electrons. The highest BCUT2D eigenvalue weighted by atomic mass is 79.9. The zero-order chi connectivity index (χ0) is 13.8. The molecular formula is C15H16BrF3. The highest BCUT2D eigenvalue weighted by Crippen LogP contribution is 2.37. The van der Waals surface area contributed by atoms with E-state index in [1.54, 1.807) is 6.07 Å². The van der Waals surface area contributed by atoms with Gasteiger partial charge in [0, 0.05) is 10.9 Å². The Bertz CT molecular complexity index is 462. The standard InChI is InChI=1S/C15H16BrF3/c16-8-10-1-3-11(4-2-10)12-5-6-13(14(18)7-12)15(19)9-17/h5-7,9-11H,1-4,8H2. The van der Waals surface area contributed by atoms with E-state index in [1.165, 1.54) is 12.1 Å². The molecule has 0 N–H and O–H groups in total. The van der Waals surface area contributed by atoms with E-state index in [-0.39, 0.29) is 11.9 Å². The molecule has 4 heteroatoms. The number of hydrogen-bond acceptors (Lipinski definition) is 0. The van der Waals surface area contributed by atoms with Crippen molar-refractivity contribution in [2.45, 2.75) is 31.6 Å². The molecular weight excluding hydrogens is 317 g/mol. The van der Waals surface area contributed by atoms with Gasteiger partial charge in [0.2, 0.25) is 0 Å². The van der Waals surface area contributed by atoms with Crippen molar-refractivity contribution in [1.29, 1.82) is 0 Å². The van der Waals surface area contributed by atoms with Gasteiger partial charge < -0.3 is 0 Å². The third kappa shape index (κ3) is 3.41. The van der Waals surface area contributed by atoms with E-state index in [1.807, 2.05) is 0 Å². The lowest BCUT2D eigenvalue weighted by Gasteiger charge is -2.27. The second-order valence-electron chi connectivity index (χ2n) is 5.07. The van der Waals surface area contributed by atoms with E-state index in [2.05, 4.69) is 15.9 Å². The van der Waals surface area contributed by atoms with Gasteiger partial charge in [0.1, 0.15) is 12.1 Å². The third-order valence-corrected chi connectivity index (χ3v) is 4.80. The second kappa shape index (κ2) is 6.60. The molecule has 0 heterocycles. The molecule has 19 heavy (non-hydrogen) atoms. The summed E-state index contributed by atoms with van der Waals surface area (Å²) in [6.07, 6.45) is 4.09. The van der Waals surface area contributed by atoms with Gasteiger partial charge in [-0.15, -0.1) is 0 Å². The van der Waals surface area contributed by atoms with Crippen molar-refractivity contribution in [2.24, 2.45) is 5.92 Å². The summed E-state index contributed by atoms with van der Waals surface area (Å²) in [5, 5.41) is 1.01. The summed E-state index contributed by atoms with van der Waals surface area (Å²) in [5.41, 5.74) is 0.585. The third-order valence-electron chi connectivity index (χ3n) is 3.88. The molecule has 1 fully saturated rings. The summed E-state index contributed by atoms with van der Waals surface area (Å²) in [6, 6.07) is 4.38. The largest absolute Gasteiger partial charge is 0.212 e. The van der Waals surface area contributed by atoms with Crippen LogP contribution in [0.3, 0.4) is 0 Å². The highest BCUT2D eigenvalue weighted by Gasteiger charge is 2.22. The van der Waals surface area contributed by atoms with Crippen molar-refractivity contribution in [1.82, 2.24) is 0 Å². The smallest absolute Gasteiger partial charge is 0.161 e. The lowest BCUT2D eigenvalue weighted by Crippen LogP contribution is -2.14. The van der Waals surface area contributed by atoms with Gasteiger partial charge in [-0.3, -0.25) is 0 Å². The number of rotatable bonds is 3. The molecule has 0 aliphatic heterocycles. The van der Waals surface area contributed by atoms with Crippen LogP contribution in [-0.2, 0) is 0 Å². The minimum atomic E-state index is -1.16. The molecule has 1 aliphatic carbocycles. The Balaban J connectivity index is 2.12. The topological polar surface area (TPSA) is 0 Å². The van der Waals surface area contributed by atoms with E-state index in [0.29, 0.717) is 11.8 Å². The molecule has 0 spiro atoms. The molecule has 0 unspecified atom stereocenters. The Morgan fingerprint density at radius 1 is 1.26 bits per heavy atom. The fourth-order valence-corrected chi connectivity index (χ4v) is 3.34. The van der Waals surface area contributed by atoms with Crippen molar-refractivity contribution >= 4 is 21.8 Å². The van der Waals surface area contributed by atoms with Crippen molar-refractivity contribution in [3.05, 3.63) is 41.5 Å². The lowest BCUT2D eigenvalue weighted by molar-refractivity contribution is 0.353. The summed E-state index contributed by atoms with van der Waals surface area (Å²) < 4.78 is 38.8. The first-order valence-corrected chi connectivity index (χ1v) is 7.59. The Kier molecular flexibility index (Phi) is 5.08. The monoisotopic (exact) mass is 332 g/mol. The van der Waals surface area contributed by atoms with Crippen LogP contribution >= 0.6 is 15.9 Å². The zero-order valence-electron chi connectivity index (χ0n) is 10.5. The minimum Gasteiger partial charge on any atom is -0.212 e. The van der Waals surface area contributed by atoms with Crippen LogP contribution in [0.15, 0.2) is 24.5 Å². The van der Waals surface area contributed by atoms with E-state index in [0.717, 1.165) is 36.6 Å². The van der Waals surface area contributed by atoms with Crippen LogP contribution in [0, 0.1) is 11.7 Å².